The number of allylic oxidation sites excluding steroid dienone is 3. The molecule has 1 heteroatoms. The van der Waals surface area contributed by atoms with E-state index in [0.29, 0.717) is 5.92 Å². The number of nitrogens with two attached hydrogens (primary N) is 1. The smallest absolute Gasteiger partial charge is 0.00771 e. The molecule has 0 fully saturated rings. The molecular weight excluding hydrogens is 242 g/mol. The number of hydrogen-bond donors (Lipinski definition) is 1. The molecule has 0 heterocycles. The molecule has 2 N–H and O–H groups in total. The van der Waals surface area contributed by atoms with Crippen LogP contribution in [0.4, 0.5) is 0 Å². The zero-order valence-corrected chi connectivity index (χ0v) is 13.2. The highest BCUT2D eigenvalue weighted by molar-refractivity contribution is 5.53. The summed E-state index contributed by atoms with van der Waals surface area (Å²) in [4.78, 5) is 0. The van der Waals surface area contributed by atoms with Gasteiger partial charge in [0.2, 0.25) is 0 Å². The third-order valence-corrected chi connectivity index (χ3v) is 3.74. The Hall–Kier alpha value is -1.34. The minimum Gasteiger partial charge on any atom is -0.330 e. The first-order valence-electron chi connectivity index (χ1n) is 7.82. The van der Waals surface area contributed by atoms with Crippen molar-refractivity contribution in [2.24, 2.45) is 11.7 Å². The maximum Gasteiger partial charge on any atom is -0.00771 e. The van der Waals surface area contributed by atoms with Crippen molar-refractivity contribution in [1.29, 1.82) is 0 Å². The SMILES string of the molecule is C/C=C(/C=C/c1ccc(C)cc1)C(CCC)CCCN. The third-order valence-electron chi connectivity index (χ3n) is 3.74. The van der Waals surface area contributed by atoms with Gasteiger partial charge in [-0.2, -0.15) is 0 Å². The van der Waals surface area contributed by atoms with E-state index in [1.807, 2.05) is 0 Å². The number of benzene rings is 1. The van der Waals surface area contributed by atoms with Crippen molar-refractivity contribution in [3.63, 3.8) is 0 Å². The van der Waals surface area contributed by atoms with Gasteiger partial charge in [0.25, 0.3) is 0 Å². The first-order valence-corrected chi connectivity index (χ1v) is 7.82. The summed E-state index contributed by atoms with van der Waals surface area (Å²) < 4.78 is 0. The van der Waals surface area contributed by atoms with Crippen molar-refractivity contribution >= 4 is 6.08 Å². The van der Waals surface area contributed by atoms with Gasteiger partial charge in [-0.25, -0.2) is 0 Å². The molecule has 1 nitrogen and oxygen atoms in total. The van der Waals surface area contributed by atoms with Gasteiger partial charge in [-0.05, 0) is 56.7 Å². The lowest BCUT2D eigenvalue weighted by molar-refractivity contribution is 0.503. The number of aryl methyl sites for hydroxylation is 1. The van der Waals surface area contributed by atoms with E-state index in [-0.39, 0.29) is 0 Å². The number of hydrogen-bond acceptors (Lipinski definition) is 1. The number of rotatable bonds is 8. The van der Waals surface area contributed by atoms with E-state index in [9.17, 15) is 0 Å². The Morgan fingerprint density at radius 3 is 2.45 bits per heavy atom. The van der Waals surface area contributed by atoms with E-state index in [1.165, 1.54) is 36.0 Å². The van der Waals surface area contributed by atoms with Crippen molar-refractivity contribution < 1.29 is 0 Å². The molecule has 0 aliphatic heterocycles. The maximum atomic E-state index is 5.66. The average Bonchev–Trinajstić information content (AvgIpc) is 2.47. The first kappa shape index (κ1) is 16.7. The predicted molar refractivity (Wildman–Crippen MR) is 90.7 cm³/mol. The molecule has 0 aromatic heterocycles. The van der Waals surface area contributed by atoms with Crippen molar-refractivity contribution in [3.8, 4) is 0 Å². The van der Waals surface area contributed by atoms with Crippen LogP contribution in [-0.2, 0) is 0 Å². The molecule has 0 saturated carbocycles. The summed E-state index contributed by atoms with van der Waals surface area (Å²) in [7, 11) is 0. The van der Waals surface area contributed by atoms with Crippen molar-refractivity contribution in [2.45, 2.75) is 46.5 Å². The largest absolute Gasteiger partial charge is 0.330 e. The second-order valence-electron chi connectivity index (χ2n) is 5.45. The molecule has 1 aromatic carbocycles. The van der Waals surface area contributed by atoms with Crippen molar-refractivity contribution in [3.05, 3.63) is 53.1 Å². The summed E-state index contributed by atoms with van der Waals surface area (Å²) in [5, 5.41) is 0. The topological polar surface area (TPSA) is 26.0 Å². The van der Waals surface area contributed by atoms with Crippen LogP contribution in [0, 0.1) is 12.8 Å². The van der Waals surface area contributed by atoms with Gasteiger partial charge >= 0.3 is 0 Å². The van der Waals surface area contributed by atoms with E-state index in [2.05, 4.69) is 63.3 Å². The lowest BCUT2D eigenvalue weighted by atomic mass is 9.89. The molecule has 1 aromatic rings. The van der Waals surface area contributed by atoms with Crippen LogP contribution in [0.3, 0.4) is 0 Å². The van der Waals surface area contributed by atoms with Crippen LogP contribution in [0.25, 0.3) is 6.08 Å². The lowest BCUT2D eigenvalue weighted by Crippen LogP contribution is -2.07. The summed E-state index contributed by atoms with van der Waals surface area (Å²) in [6, 6.07) is 8.67. The van der Waals surface area contributed by atoms with E-state index in [4.69, 9.17) is 5.73 Å². The summed E-state index contributed by atoms with van der Waals surface area (Å²) in [6.07, 6.45) is 11.5. The van der Waals surface area contributed by atoms with Gasteiger partial charge in [0.15, 0.2) is 0 Å². The Labute approximate surface area is 124 Å². The quantitative estimate of drug-likeness (QED) is 0.653. The molecule has 20 heavy (non-hydrogen) atoms. The average molecular weight is 271 g/mol. The second-order valence-corrected chi connectivity index (χ2v) is 5.45. The van der Waals surface area contributed by atoms with Gasteiger partial charge in [-0.15, -0.1) is 0 Å². The van der Waals surface area contributed by atoms with Crippen LogP contribution in [0.2, 0.25) is 0 Å². The van der Waals surface area contributed by atoms with Crippen molar-refractivity contribution in [1.82, 2.24) is 0 Å². The van der Waals surface area contributed by atoms with E-state index in [0.717, 1.165) is 13.0 Å². The fraction of sp³-hybridized carbons (Fsp3) is 0.474. The highest BCUT2D eigenvalue weighted by Gasteiger charge is 2.10. The summed E-state index contributed by atoms with van der Waals surface area (Å²) in [5.74, 6) is 0.648. The summed E-state index contributed by atoms with van der Waals surface area (Å²) in [5.41, 5.74) is 9.67. The van der Waals surface area contributed by atoms with Crippen LogP contribution in [0.1, 0.15) is 50.7 Å². The van der Waals surface area contributed by atoms with E-state index < -0.39 is 0 Å². The molecular formula is C19H29N. The minimum absolute atomic E-state index is 0.648. The molecule has 0 radical (unpaired) electrons. The molecule has 0 saturated heterocycles. The van der Waals surface area contributed by atoms with Gasteiger partial charge in [0.1, 0.15) is 0 Å². The normalized spacial score (nSPS) is 13.9. The Balaban J connectivity index is 2.75. The van der Waals surface area contributed by atoms with Crippen LogP contribution in [0.5, 0.6) is 0 Å². The molecule has 110 valence electrons. The zero-order valence-electron chi connectivity index (χ0n) is 13.2. The standard InChI is InChI=1S/C19H29N/c1-4-7-19(8-6-15-20)18(5-2)14-13-17-11-9-16(3)10-12-17/h5,9-14,19H,4,6-8,15,20H2,1-3H3/b14-13+,18-5-. The fourth-order valence-electron chi connectivity index (χ4n) is 2.53. The van der Waals surface area contributed by atoms with Gasteiger partial charge in [0, 0.05) is 0 Å². The van der Waals surface area contributed by atoms with Gasteiger partial charge in [-0.3, -0.25) is 0 Å². The molecule has 1 rings (SSSR count). The van der Waals surface area contributed by atoms with E-state index >= 15 is 0 Å². The first-order chi connectivity index (χ1) is 9.71. The Morgan fingerprint density at radius 1 is 1.20 bits per heavy atom. The maximum absolute atomic E-state index is 5.66. The molecule has 0 amide bonds. The Kier molecular flexibility index (Phi) is 7.98. The fourth-order valence-corrected chi connectivity index (χ4v) is 2.53. The molecule has 0 aliphatic rings. The molecule has 1 atom stereocenters. The molecule has 1 unspecified atom stereocenters. The lowest BCUT2D eigenvalue weighted by Gasteiger charge is -2.17. The molecule has 0 bridgehead atoms. The van der Waals surface area contributed by atoms with Crippen LogP contribution >= 0.6 is 0 Å². The molecule has 0 spiro atoms. The highest BCUT2D eigenvalue weighted by atomic mass is 14.5. The summed E-state index contributed by atoms with van der Waals surface area (Å²) in [6.45, 7) is 7.31. The molecule has 0 aliphatic carbocycles. The summed E-state index contributed by atoms with van der Waals surface area (Å²) >= 11 is 0. The Bertz CT molecular complexity index is 426. The van der Waals surface area contributed by atoms with Gasteiger partial charge in [0.05, 0.1) is 0 Å². The van der Waals surface area contributed by atoms with E-state index in [1.54, 1.807) is 0 Å². The highest BCUT2D eigenvalue weighted by Crippen LogP contribution is 2.24. The van der Waals surface area contributed by atoms with Gasteiger partial charge < -0.3 is 5.73 Å². The van der Waals surface area contributed by atoms with Crippen LogP contribution in [0.15, 0.2) is 42.0 Å². The second kappa shape index (κ2) is 9.55. The van der Waals surface area contributed by atoms with Crippen LogP contribution in [-0.4, -0.2) is 6.54 Å². The predicted octanol–water partition coefficient (Wildman–Crippen LogP) is 5.11. The van der Waals surface area contributed by atoms with Gasteiger partial charge in [-0.1, -0.05) is 61.4 Å². The zero-order chi connectivity index (χ0) is 14.8. The monoisotopic (exact) mass is 271 g/mol. The Morgan fingerprint density at radius 2 is 1.90 bits per heavy atom. The third kappa shape index (κ3) is 5.75. The minimum atomic E-state index is 0.648. The van der Waals surface area contributed by atoms with Crippen molar-refractivity contribution in [2.75, 3.05) is 6.54 Å². The van der Waals surface area contributed by atoms with Crippen LogP contribution < -0.4 is 5.73 Å².